The summed E-state index contributed by atoms with van der Waals surface area (Å²) in [4.78, 5) is 13.8. The minimum atomic E-state index is -4.10. The molecule has 2 aromatic rings. The van der Waals surface area contributed by atoms with Crippen molar-refractivity contribution in [3.63, 3.8) is 0 Å². The minimum absolute atomic E-state index is 0.00249. The molecule has 2 aromatic carbocycles. The van der Waals surface area contributed by atoms with Crippen LogP contribution < -0.4 is 4.31 Å². The Kier molecular flexibility index (Phi) is 9.00. The van der Waals surface area contributed by atoms with Crippen LogP contribution in [0.5, 0.6) is 0 Å². The highest BCUT2D eigenvalue weighted by Crippen LogP contribution is 2.32. The number of sulfonamides is 1. The molecule has 1 unspecified atom stereocenters. The first-order valence-corrected chi connectivity index (χ1v) is 12.0. The molecule has 10 heteroatoms. The van der Waals surface area contributed by atoms with Gasteiger partial charge >= 0.3 is 6.09 Å². The van der Waals surface area contributed by atoms with Crippen LogP contribution in [-0.4, -0.2) is 50.3 Å². The van der Waals surface area contributed by atoms with Crippen LogP contribution in [0.2, 0.25) is 10.0 Å². The summed E-state index contributed by atoms with van der Waals surface area (Å²) in [5, 5.41) is 10.5. The molecule has 170 valence electrons. The smallest absolute Gasteiger partial charge is 0.409 e. The lowest BCUT2D eigenvalue weighted by molar-refractivity contribution is 0.102. The van der Waals surface area contributed by atoms with Gasteiger partial charge in [0.25, 0.3) is 10.0 Å². The lowest BCUT2D eigenvalue weighted by Gasteiger charge is -2.32. The molecular formula is C21H26Cl2N2O5S. The Morgan fingerprint density at radius 3 is 2.19 bits per heavy atom. The lowest BCUT2D eigenvalue weighted by Crippen LogP contribution is -2.43. The van der Waals surface area contributed by atoms with E-state index < -0.39 is 28.8 Å². The summed E-state index contributed by atoms with van der Waals surface area (Å²) in [6.07, 6.45) is -0.533. The summed E-state index contributed by atoms with van der Waals surface area (Å²) in [6.45, 7) is 5.62. The van der Waals surface area contributed by atoms with Gasteiger partial charge in [0.05, 0.1) is 23.2 Å². The second kappa shape index (κ2) is 11.0. The molecular weight excluding hydrogens is 463 g/mol. The van der Waals surface area contributed by atoms with Crippen LogP contribution in [0.1, 0.15) is 26.3 Å². The van der Waals surface area contributed by atoms with Crippen molar-refractivity contribution in [2.75, 3.05) is 24.0 Å². The first-order valence-electron chi connectivity index (χ1n) is 9.76. The number of aliphatic hydroxyl groups excluding tert-OH is 1. The summed E-state index contributed by atoms with van der Waals surface area (Å²) >= 11 is 12.0. The number of halogens is 2. The number of nitrogens with zero attached hydrogens (tertiary/aromatic N) is 2. The van der Waals surface area contributed by atoms with Crippen LogP contribution >= 0.6 is 23.2 Å². The van der Waals surface area contributed by atoms with Gasteiger partial charge in [0.2, 0.25) is 0 Å². The number of rotatable bonds is 9. The molecule has 1 N–H and O–H groups in total. The monoisotopic (exact) mass is 488 g/mol. The van der Waals surface area contributed by atoms with Gasteiger partial charge in [-0.05, 0) is 57.2 Å². The molecule has 0 aliphatic rings. The van der Waals surface area contributed by atoms with Gasteiger partial charge in [0.1, 0.15) is 6.61 Å². The predicted molar refractivity (Wildman–Crippen MR) is 122 cm³/mol. The fourth-order valence-corrected chi connectivity index (χ4v) is 5.00. The molecule has 0 bridgehead atoms. The summed E-state index contributed by atoms with van der Waals surface area (Å²) in [5.74, 6) is 0. The largest absolute Gasteiger partial charge is 0.447 e. The van der Waals surface area contributed by atoms with Crippen molar-refractivity contribution in [3.8, 4) is 0 Å². The first kappa shape index (κ1) is 25.3. The summed E-state index contributed by atoms with van der Waals surface area (Å²) in [7, 11) is -4.10. The number of hydrogen-bond acceptors (Lipinski definition) is 5. The third-order valence-corrected chi connectivity index (χ3v) is 7.12. The Hall–Kier alpha value is -2.00. The average Bonchev–Trinajstić information content (AvgIpc) is 2.73. The number of amides is 1. The second-order valence-electron chi connectivity index (χ2n) is 6.78. The summed E-state index contributed by atoms with van der Waals surface area (Å²) in [5.41, 5.74) is 0.570. The number of benzene rings is 2. The van der Waals surface area contributed by atoms with E-state index in [0.29, 0.717) is 28.7 Å². The van der Waals surface area contributed by atoms with Gasteiger partial charge in [-0.2, -0.15) is 0 Å². The second-order valence-corrected chi connectivity index (χ2v) is 9.47. The Labute approximate surface area is 193 Å². The van der Waals surface area contributed by atoms with Crippen molar-refractivity contribution in [2.24, 2.45) is 0 Å². The van der Waals surface area contributed by atoms with Crippen LogP contribution in [0.3, 0.4) is 0 Å². The van der Waals surface area contributed by atoms with Crippen molar-refractivity contribution in [1.29, 1.82) is 0 Å². The van der Waals surface area contributed by atoms with Crippen LogP contribution in [0.25, 0.3) is 0 Å². The van der Waals surface area contributed by atoms with E-state index in [9.17, 15) is 18.3 Å². The molecule has 0 saturated carbocycles. The van der Waals surface area contributed by atoms with Crippen molar-refractivity contribution in [3.05, 3.63) is 58.1 Å². The summed E-state index contributed by atoms with van der Waals surface area (Å²) < 4.78 is 33.6. The molecule has 1 amide bonds. The molecule has 0 saturated heterocycles. The number of anilines is 1. The topological polar surface area (TPSA) is 87.2 Å². The summed E-state index contributed by atoms with van der Waals surface area (Å²) in [6, 6.07) is 9.52. The number of hydrogen-bond donors (Lipinski definition) is 1. The fraction of sp³-hybridized carbons (Fsp3) is 0.381. The zero-order chi connectivity index (χ0) is 23.2. The average molecular weight is 489 g/mol. The van der Waals surface area contributed by atoms with Crippen molar-refractivity contribution < 1.29 is 23.1 Å². The number of ether oxygens (including phenoxy) is 1. The van der Waals surface area contributed by atoms with Crippen molar-refractivity contribution >= 4 is 45.0 Å². The number of carbonyl (C=O) groups is 1. The minimum Gasteiger partial charge on any atom is -0.447 e. The predicted octanol–water partition coefficient (Wildman–Crippen LogP) is 4.55. The highest BCUT2D eigenvalue weighted by atomic mass is 35.5. The first-order chi connectivity index (χ1) is 14.6. The molecule has 7 nitrogen and oxygen atoms in total. The van der Waals surface area contributed by atoms with Crippen molar-refractivity contribution in [1.82, 2.24) is 4.90 Å². The van der Waals surface area contributed by atoms with Crippen LogP contribution in [0.15, 0.2) is 47.4 Å². The van der Waals surface area contributed by atoms with Gasteiger partial charge in [-0.3, -0.25) is 4.31 Å². The van der Waals surface area contributed by atoms with Gasteiger partial charge < -0.3 is 14.7 Å². The maximum atomic E-state index is 13.6. The zero-order valence-electron chi connectivity index (χ0n) is 17.6. The van der Waals surface area contributed by atoms with E-state index in [1.807, 2.05) is 13.8 Å². The molecule has 0 fully saturated rings. The Morgan fingerprint density at radius 2 is 1.65 bits per heavy atom. The Morgan fingerprint density at radius 1 is 1.06 bits per heavy atom. The molecule has 2 rings (SSSR count). The lowest BCUT2D eigenvalue weighted by atomic mass is 10.1. The normalized spacial score (nSPS) is 12.3. The molecule has 0 aliphatic carbocycles. The van der Waals surface area contributed by atoms with Gasteiger partial charge in [-0.15, -0.1) is 0 Å². The van der Waals surface area contributed by atoms with E-state index in [2.05, 4.69) is 0 Å². The maximum Gasteiger partial charge on any atom is 0.409 e. The molecule has 31 heavy (non-hydrogen) atoms. The number of aliphatic hydroxyl groups is 1. The zero-order valence-corrected chi connectivity index (χ0v) is 19.9. The molecule has 0 aliphatic heterocycles. The van der Waals surface area contributed by atoms with E-state index in [0.717, 1.165) is 4.31 Å². The fourth-order valence-electron chi connectivity index (χ4n) is 3.03. The SMILES string of the molecule is CCN(CC)C(=O)OCC(C)N(c1cc(Cl)ccc1CO)S(=O)(=O)c1ccc(Cl)cc1. The number of carbonyl (C=O) groups excluding carboxylic acids is 1. The van der Waals surface area contributed by atoms with Gasteiger partial charge in [0.15, 0.2) is 0 Å². The van der Waals surface area contributed by atoms with Crippen molar-refractivity contribution in [2.45, 2.75) is 38.3 Å². The van der Waals surface area contributed by atoms with Crippen LogP contribution in [0.4, 0.5) is 10.5 Å². The quantitative estimate of drug-likeness (QED) is 0.559. The van der Waals surface area contributed by atoms with Gasteiger partial charge in [0, 0.05) is 28.7 Å². The molecule has 0 radical (unpaired) electrons. The van der Waals surface area contributed by atoms with Crippen LogP contribution in [0, 0.1) is 0 Å². The van der Waals surface area contributed by atoms with Gasteiger partial charge in [-0.25, -0.2) is 13.2 Å². The molecule has 0 aromatic heterocycles. The van der Waals surface area contributed by atoms with Gasteiger partial charge in [-0.1, -0.05) is 29.3 Å². The molecule has 1 atom stereocenters. The van der Waals surface area contributed by atoms with E-state index >= 15 is 0 Å². The standard InChI is InChI=1S/C21H26Cl2N2O5S/c1-4-24(5-2)21(27)30-14-15(3)25(20-12-18(23)7-6-16(20)13-26)31(28,29)19-10-8-17(22)9-11-19/h6-12,15,26H,4-5,13-14H2,1-3H3. The highest BCUT2D eigenvalue weighted by Gasteiger charge is 2.32. The highest BCUT2D eigenvalue weighted by molar-refractivity contribution is 7.92. The molecule has 0 spiro atoms. The van der Waals surface area contributed by atoms with E-state index in [-0.39, 0.29) is 17.2 Å². The molecule has 0 heterocycles. The Bertz CT molecular complexity index is 995. The van der Waals surface area contributed by atoms with E-state index in [4.69, 9.17) is 27.9 Å². The van der Waals surface area contributed by atoms with E-state index in [1.165, 1.54) is 35.2 Å². The third kappa shape index (κ3) is 6.04. The van der Waals surface area contributed by atoms with E-state index in [1.54, 1.807) is 19.1 Å². The maximum absolute atomic E-state index is 13.6. The van der Waals surface area contributed by atoms with Crippen LogP contribution in [-0.2, 0) is 21.4 Å². The Balaban J connectivity index is 2.49. The third-order valence-electron chi connectivity index (χ3n) is 4.70.